The first kappa shape index (κ1) is 37.3. The normalized spacial score (nSPS) is 14.7. The predicted molar refractivity (Wildman–Crippen MR) is 171 cm³/mol. The number of nitrogens with one attached hydrogen (secondary N) is 1. The van der Waals surface area contributed by atoms with E-state index in [9.17, 15) is 37.1 Å². The van der Waals surface area contributed by atoms with Crippen LogP contribution in [-0.2, 0) is 22.2 Å². The monoisotopic (exact) mass is 689 g/mol. The number of pyridine rings is 1. The predicted octanol–water partition coefficient (Wildman–Crippen LogP) is 6.72. The van der Waals surface area contributed by atoms with Crippen molar-refractivity contribution in [2.24, 2.45) is 5.92 Å². The Kier molecular flexibility index (Phi) is 11.3. The molecule has 0 aliphatic carbocycles. The summed E-state index contributed by atoms with van der Waals surface area (Å²) in [6.07, 6.45) is 1.41. The van der Waals surface area contributed by atoms with E-state index < -0.39 is 76.3 Å². The SMILES string of the molecule is C#Cc1cc(-c2c(C)cc(F)cc2C)c(F)c([C@@H](CC(=O)O)NC(=O)[C@@H](CC(C)C)n2cc(CCN3CCC3)c(C(F)(F)F)cc2=O)c1F. The molecule has 0 unspecified atom stereocenters. The lowest BCUT2D eigenvalue weighted by Crippen LogP contribution is -2.41. The number of alkyl halides is 3. The zero-order chi connectivity index (χ0) is 36.4. The average molecular weight is 690 g/mol. The first-order valence-corrected chi connectivity index (χ1v) is 15.7. The number of nitrogens with zero attached hydrogens (tertiary/aromatic N) is 2. The first-order chi connectivity index (χ1) is 22.9. The van der Waals surface area contributed by atoms with Gasteiger partial charge in [0.2, 0.25) is 5.91 Å². The van der Waals surface area contributed by atoms with Crippen LogP contribution in [0.5, 0.6) is 0 Å². The maximum atomic E-state index is 16.4. The van der Waals surface area contributed by atoms with Gasteiger partial charge in [0.1, 0.15) is 23.5 Å². The van der Waals surface area contributed by atoms with E-state index in [1.54, 1.807) is 13.8 Å². The summed E-state index contributed by atoms with van der Waals surface area (Å²) in [5, 5.41) is 12.1. The highest BCUT2D eigenvalue weighted by atomic mass is 19.4. The van der Waals surface area contributed by atoms with Gasteiger partial charge in [0, 0.05) is 29.9 Å². The van der Waals surface area contributed by atoms with Crippen LogP contribution in [0, 0.1) is 49.6 Å². The van der Waals surface area contributed by atoms with Gasteiger partial charge in [0.15, 0.2) is 0 Å². The van der Waals surface area contributed by atoms with E-state index in [1.165, 1.54) is 13.8 Å². The second-order valence-corrected chi connectivity index (χ2v) is 12.8. The van der Waals surface area contributed by atoms with Crippen LogP contribution in [0.25, 0.3) is 11.1 Å². The van der Waals surface area contributed by atoms with Crippen LogP contribution in [0.1, 0.15) is 78.6 Å². The number of aryl methyl sites for hydroxylation is 2. The molecule has 1 amide bonds. The molecule has 0 saturated carbocycles. The van der Waals surface area contributed by atoms with Gasteiger partial charge in [0.05, 0.1) is 23.6 Å². The second kappa shape index (κ2) is 14.9. The molecular formula is C36H37F6N3O4. The number of terminal acetylenes is 1. The van der Waals surface area contributed by atoms with Crippen molar-refractivity contribution >= 4 is 11.9 Å². The van der Waals surface area contributed by atoms with Gasteiger partial charge in [-0.05, 0) is 92.6 Å². The smallest absolute Gasteiger partial charge is 0.416 e. The molecule has 0 bridgehead atoms. The molecule has 3 aromatic rings. The lowest BCUT2D eigenvalue weighted by atomic mass is 9.89. The highest BCUT2D eigenvalue weighted by molar-refractivity contribution is 5.82. The summed E-state index contributed by atoms with van der Waals surface area (Å²) in [6, 6.07) is 0.378. The topological polar surface area (TPSA) is 91.6 Å². The van der Waals surface area contributed by atoms with Crippen molar-refractivity contribution < 1.29 is 41.0 Å². The lowest BCUT2D eigenvalue weighted by molar-refractivity contribution is -0.139. The maximum Gasteiger partial charge on any atom is 0.416 e. The number of benzene rings is 2. The van der Waals surface area contributed by atoms with Gasteiger partial charge in [-0.3, -0.25) is 14.4 Å². The number of carbonyl (C=O) groups is 2. The molecule has 262 valence electrons. The highest BCUT2D eigenvalue weighted by Crippen LogP contribution is 2.38. The number of halogens is 6. The van der Waals surface area contributed by atoms with Crippen molar-refractivity contribution in [3.63, 3.8) is 0 Å². The lowest BCUT2D eigenvalue weighted by Gasteiger charge is -2.31. The summed E-state index contributed by atoms with van der Waals surface area (Å²) in [5.74, 6) is -3.96. The van der Waals surface area contributed by atoms with Gasteiger partial charge in [-0.25, -0.2) is 13.2 Å². The van der Waals surface area contributed by atoms with Crippen LogP contribution in [0.3, 0.4) is 0 Å². The fourth-order valence-electron chi connectivity index (χ4n) is 6.23. The fraction of sp³-hybridized carbons (Fsp3) is 0.417. The minimum Gasteiger partial charge on any atom is -0.481 e. The largest absolute Gasteiger partial charge is 0.481 e. The number of carbonyl (C=O) groups excluding carboxylic acids is 1. The Morgan fingerprint density at radius 1 is 1.04 bits per heavy atom. The summed E-state index contributed by atoms with van der Waals surface area (Å²) < 4.78 is 89.2. The Hall–Kier alpha value is -4.57. The quantitative estimate of drug-likeness (QED) is 0.163. The zero-order valence-corrected chi connectivity index (χ0v) is 27.5. The third-order valence-electron chi connectivity index (χ3n) is 8.65. The molecule has 7 nitrogen and oxygen atoms in total. The second-order valence-electron chi connectivity index (χ2n) is 12.8. The molecule has 2 atom stereocenters. The number of hydrogen-bond acceptors (Lipinski definition) is 4. The number of likely N-dealkylation sites (tertiary alicyclic amines) is 1. The van der Waals surface area contributed by atoms with Crippen molar-refractivity contribution in [2.45, 2.75) is 71.6 Å². The standard InChI is InChI=1S/C36H37F6N3O4/c1-6-22-15-25(31-20(4)13-24(37)14-21(31)5)34(39)32(33(22)38)27(17-30(47)48)43-35(49)28(12-19(2)3)45-18-23(8-11-44-9-7-10-44)26(16-29(45)46)36(40,41)42/h1,13-16,18-19,27-28H,7-12,17H2,2-5H3,(H,43,49)(H,47,48)/t27-,28-/m1/s1. The van der Waals surface area contributed by atoms with E-state index in [0.29, 0.717) is 12.6 Å². The van der Waals surface area contributed by atoms with E-state index in [0.717, 1.165) is 48.5 Å². The third kappa shape index (κ3) is 8.36. The van der Waals surface area contributed by atoms with Crippen molar-refractivity contribution in [3.05, 3.63) is 91.6 Å². The molecule has 0 radical (unpaired) electrons. The van der Waals surface area contributed by atoms with Gasteiger partial charge in [-0.2, -0.15) is 13.2 Å². The molecule has 13 heteroatoms. The number of hydrogen-bond donors (Lipinski definition) is 2. The van der Waals surface area contributed by atoms with Crippen molar-refractivity contribution in [2.75, 3.05) is 19.6 Å². The fourth-order valence-corrected chi connectivity index (χ4v) is 6.23. The van der Waals surface area contributed by atoms with Crippen LogP contribution in [-0.4, -0.2) is 46.1 Å². The van der Waals surface area contributed by atoms with Crippen molar-refractivity contribution in [1.82, 2.24) is 14.8 Å². The van der Waals surface area contributed by atoms with Crippen LogP contribution < -0.4 is 10.9 Å². The maximum absolute atomic E-state index is 16.4. The number of carboxylic acid groups (broad SMARTS) is 1. The highest BCUT2D eigenvalue weighted by Gasteiger charge is 2.37. The molecular weight excluding hydrogens is 652 g/mol. The molecule has 1 aliphatic heterocycles. The van der Waals surface area contributed by atoms with E-state index in [4.69, 9.17) is 6.42 Å². The molecule has 4 rings (SSSR count). The molecule has 49 heavy (non-hydrogen) atoms. The summed E-state index contributed by atoms with van der Waals surface area (Å²) in [5.41, 5.74) is -3.32. The summed E-state index contributed by atoms with van der Waals surface area (Å²) >= 11 is 0. The Bertz CT molecular complexity index is 1830. The number of aliphatic carboxylic acids is 1. The van der Waals surface area contributed by atoms with E-state index >= 15 is 8.78 Å². The summed E-state index contributed by atoms with van der Waals surface area (Å²) in [4.78, 5) is 41.1. The number of amides is 1. The van der Waals surface area contributed by atoms with Crippen LogP contribution in [0.15, 0.2) is 35.3 Å². The number of aromatic nitrogens is 1. The van der Waals surface area contributed by atoms with Gasteiger partial charge >= 0.3 is 12.1 Å². The van der Waals surface area contributed by atoms with E-state index in [-0.39, 0.29) is 46.6 Å². The van der Waals surface area contributed by atoms with Crippen LogP contribution in [0.4, 0.5) is 26.3 Å². The molecule has 2 aromatic carbocycles. The third-order valence-corrected chi connectivity index (χ3v) is 8.65. The first-order valence-electron chi connectivity index (χ1n) is 15.7. The van der Waals surface area contributed by atoms with Gasteiger partial charge < -0.3 is 19.9 Å². The van der Waals surface area contributed by atoms with Crippen LogP contribution >= 0.6 is 0 Å². The minimum atomic E-state index is -4.85. The van der Waals surface area contributed by atoms with Gasteiger partial charge in [-0.1, -0.05) is 19.8 Å². The minimum absolute atomic E-state index is 0.0624. The average Bonchev–Trinajstić information content (AvgIpc) is 2.95. The zero-order valence-electron chi connectivity index (χ0n) is 27.5. The molecule has 1 aromatic heterocycles. The summed E-state index contributed by atoms with van der Waals surface area (Å²) in [6.45, 7) is 8.13. The van der Waals surface area contributed by atoms with Crippen molar-refractivity contribution in [3.8, 4) is 23.5 Å². The van der Waals surface area contributed by atoms with E-state index in [2.05, 4.69) is 11.2 Å². The molecule has 1 aliphatic rings. The Labute approximate surface area is 279 Å². The number of carboxylic acids is 1. The van der Waals surface area contributed by atoms with Crippen molar-refractivity contribution in [1.29, 1.82) is 0 Å². The molecule has 1 saturated heterocycles. The Morgan fingerprint density at radius 3 is 2.18 bits per heavy atom. The van der Waals surface area contributed by atoms with Gasteiger partial charge in [0.25, 0.3) is 5.56 Å². The number of rotatable bonds is 12. The molecule has 2 N–H and O–H groups in total. The molecule has 1 fully saturated rings. The van der Waals surface area contributed by atoms with Crippen LogP contribution in [0.2, 0.25) is 0 Å². The summed E-state index contributed by atoms with van der Waals surface area (Å²) in [7, 11) is 0. The molecule has 0 spiro atoms. The Balaban J connectivity index is 1.84. The Morgan fingerprint density at radius 2 is 1.67 bits per heavy atom. The van der Waals surface area contributed by atoms with Gasteiger partial charge in [-0.15, -0.1) is 6.42 Å². The van der Waals surface area contributed by atoms with E-state index in [1.807, 2.05) is 4.90 Å². The molecule has 2 heterocycles.